The van der Waals surface area contributed by atoms with Crippen LogP contribution in [0.15, 0.2) is 24.3 Å². The number of nitrogens with one attached hydrogen (secondary N) is 1. The molecule has 2 fully saturated rings. The first kappa shape index (κ1) is 15.0. The van der Waals surface area contributed by atoms with E-state index in [0.29, 0.717) is 26.2 Å². The molecule has 2 saturated heterocycles. The lowest BCUT2D eigenvalue weighted by atomic mass is 10.1. The van der Waals surface area contributed by atoms with Crippen LogP contribution in [-0.2, 0) is 14.3 Å². The van der Waals surface area contributed by atoms with E-state index in [2.05, 4.69) is 5.32 Å². The van der Waals surface area contributed by atoms with Crippen LogP contribution < -0.4 is 5.32 Å². The van der Waals surface area contributed by atoms with Gasteiger partial charge in [-0.05, 0) is 31.9 Å². The lowest BCUT2D eigenvalue weighted by Gasteiger charge is -2.31. The van der Waals surface area contributed by atoms with Crippen molar-refractivity contribution in [2.24, 2.45) is 5.92 Å². The van der Waals surface area contributed by atoms with Gasteiger partial charge in [0.25, 0.3) is 0 Å². The van der Waals surface area contributed by atoms with E-state index < -0.39 is 0 Å². The van der Waals surface area contributed by atoms with Gasteiger partial charge in [0, 0.05) is 37.9 Å². The van der Waals surface area contributed by atoms with E-state index >= 15 is 0 Å². The highest BCUT2D eigenvalue weighted by molar-refractivity contribution is 5.97. The smallest absolute Gasteiger partial charge is 0.229 e. The van der Waals surface area contributed by atoms with E-state index in [1.807, 2.05) is 36.1 Å². The number of amides is 2. The van der Waals surface area contributed by atoms with E-state index in [-0.39, 0.29) is 23.8 Å². The number of hydrogen-bond donors (Lipinski definition) is 1. The molecule has 0 bridgehead atoms. The number of nitrogens with zero attached hydrogens (tertiary/aromatic N) is 1. The molecule has 0 aliphatic carbocycles. The van der Waals surface area contributed by atoms with Crippen LogP contribution in [0.25, 0.3) is 0 Å². The number of carbonyl (C=O) groups excluding carboxylic acids is 2. The molecule has 118 valence electrons. The van der Waals surface area contributed by atoms with E-state index in [0.717, 1.165) is 24.1 Å². The van der Waals surface area contributed by atoms with Crippen LogP contribution in [0.1, 0.15) is 24.8 Å². The Morgan fingerprint density at radius 2 is 1.91 bits per heavy atom. The van der Waals surface area contributed by atoms with Gasteiger partial charge in [0.1, 0.15) is 0 Å². The van der Waals surface area contributed by atoms with Crippen molar-refractivity contribution in [1.29, 1.82) is 0 Å². The normalized spacial score (nSPS) is 22.9. The molecule has 2 aliphatic rings. The molecule has 5 nitrogen and oxygen atoms in total. The predicted molar refractivity (Wildman–Crippen MR) is 83.5 cm³/mol. The van der Waals surface area contributed by atoms with Crippen molar-refractivity contribution in [2.75, 3.05) is 25.1 Å². The number of carbonyl (C=O) groups is 2. The van der Waals surface area contributed by atoms with Gasteiger partial charge in [-0.25, -0.2) is 0 Å². The number of rotatable bonds is 3. The van der Waals surface area contributed by atoms with Crippen molar-refractivity contribution < 1.29 is 14.3 Å². The molecule has 1 atom stereocenters. The number of hydrogen-bond acceptors (Lipinski definition) is 3. The summed E-state index contributed by atoms with van der Waals surface area (Å²) in [7, 11) is 0. The van der Waals surface area contributed by atoms with Gasteiger partial charge in [0.15, 0.2) is 0 Å². The minimum absolute atomic E-state index is 0.0632. The van der Waals surface area contributed by atoms with Gasteiger partial charge in [-0.3, -0.25) is 9.59 Å². The van der Waals surface area contributed by atoms with Gasteiger partial charge in [-0.2, -0.15) is 0 Å². The van der Waals surface area contributed by atoms with E-state index in [1.165, 1.54) is 0 Å². The quantitative estimate of drug-likeness (QED) is 0.928. The molecule has 2 heterocycles. The Bertz CT molecular complexity index is 550. The Morgan fingerprint density at radius 3 is 2.59 bits per heavy atom. The first-order valence-electron chi connectivity index (χ1n) is 7.88. The highest BCUT2D eigenvalue weighted by Gasteiger charge is 2.38. The standard InChI is InChI=1S/C17H22N2O3/c1-12-2-4-14(5-3-12)18-17(21)13-10-16(20)19(11-13)15-6-8-22-9-7-15/h2-5,13,15H,6-11H2,1H3,(H,18,21). The summed E-state index contributed by atoms with van der Waals surface area (Å²) in [6.45, 7) is 3.94. The number of aryl methyl sites for hydroxylation is 1. The van der Waals surface area contributed by atoms with Crippen LogP contribution in [0.5, 0.6) is 0 Å². The minimum Gasteiger partial charge on any atom is -0.381 e. The Balaban J connectivity index is 1.59. The van der Waals surface area contributed by atoms with E-state index in [9.17, 15) is 9.59 Å². The summed E-state index contributed by atoms with van der Waals surface area (Å²) in [4.78, 5) is 26.4. The largest absolute Gasteiger partial charge is 0.381 e. The zero-order valence-corrected chi connectivity index (χ0v) is 12.9. The maximum Gasteiger partial charge on any atom is 0.229 e. The lowest BCUT2D eigenvalue weighted by molar-refractivity contribution is -0.131. The molecule has 3 rings (SSSR count). The zero-order valence-electron chi connectivity index (χ0n) is 12.9. The van der Waals surface area contributed by atoms with Gasteiger partial charge in [0.2, 0.25) is 11.8 Å². The van der Waals surface area contributed by atoms with Crippen LogP contribution in [-0.4, -0.2) is 42.5 Å². The Labute approximate surface area is 130 Å². The SMILES string of the molecule is Cc1ccc(NC(=O)C2CC(=O)N(C3CCOCC3)C2)cc1. The second kappa shape index (κ2) is 6.48. The molecule has 2 amide bonds. The molecule has 1 unspecified atom stereocenters. The van der Waals surface area contributed by atoms with Gasteiger partial charge in [-0.1, -0.05) is 17.7 Å². The molecule has 1 aromatic carbocycles. The zero-order chi connectivity index (χ0) is 15.5. The first-order valence-corrected chi connectivity index (χ1v) is 7.88. The highest BCUT2D eigenvalue weighted by atomic mass is 16.5. The van der Waals surface area contributed by atoms with Crippen LogP contribution in [0.3, 0.4) is 0 Å². The average Bonchev–Trinajstić information content (AvgIpc) is 2.92. The second-order valence-electron chi connectivity index (χ2n) is 6.15. The lowest BCUT2D eigenvalue weighted by Crippen LogP contribution is -2.41. The molecular weight excluding hydrogens is 280 g/mol. The molecule has 0 spiro atoms. The molecule has 1 N–H and O–H groups in total. The van der Waals surface area contributed by atoms with Gasteiger partial charge >= 0.3 is 0 Å². The molecule has 2 aliphatic heterocycles. The fourth-order valence-electron chi connectivity index (χ4n) is 3.14. The summed E-state index contributed by atoms with van der Waals surface area (Å²) >= 11 is 0. The fourth-order valence-corrected chi connectivity index (χ4v) is 3.14. The summed E-state index contributed by atoms with van der Waals surface area (Å²) in [6.07, 6.45) is 2.06. The van der Waals surface area contributed by atoms with Gasteiger partial charge in [-0.15, -0.1) is 0 Å². The first-order chi connectivity index (χ1) is 10.6. The summed E-state index contributed by atoms with van der Waals surface area (Å²) in [6, 6.07) is 7.94. The second-order valence-corrected chi connectivity index (χ2v) is 6.15. The summed E-state index contributed by atoms with van der Waals surface area (Å²) in [5, 5.41) is 2.91. The molecule has 1 aromatic rings. The molecular formula is C17H22N2O3. The summed E-state index contributed by atoms with van der Waals surface area (Å²) in [5.41, 5.74) is 1.94. The van der Waals surface area contributed by atoms with Crippen molar-refractivity contribution in [1.82, 2.24) is 4.90 Å². The fraction of sp³-hybridized carbons (Fsp3) is 0.529. The van der Waals surface area contributed by atoms with E-state index in [4.69, 9.17) is 4.74 Å². The number of benzene rings is 1. The molecule has 0 saturated carbocycles. The van der Waals surface area contributed by atoms with Gasteiger partial charge in [0.05, 0.1) is 5.92 Å². The van der Waals surface area contributed by atoms with Crippen molar-refractivity contribution in [3.63, 3.8) is 0 Å². The summed E-state index contributed by atoms with van der Waals surface area (Å²) < 4.78 is 5.34. The maximum atomic E-state index is 12.4. The average molecular weight is 302 g/mol. The molecule has 5 heteroatoms. The number of likely N-dealkylation sites (tertiary alicyclic amines) is 1. The van der Waals surface area contributed by atoms with Gasteiger partial charge < -0.3 is 15.0 Å². The van der Waals surface area contributed by atoms with Crippen molar-refractivity contribution in [2.45, 2.75) is 32.2 Å². The van der Waals surface area contributed by atoms with Crippen molar-refractivity contribution in [3.8, 4) is 0 Å². The third-order valence-corrected chi connectivity index (χ3v) is 4.48. The van der Waals surface area contributed by atoms with Crippen LogP contribution >= 0.6 is 0 Å². The molecule has 22 heavy (non-hydrogen) atoms. The molecule has 0 aromatic heterocycles. The number of anilines is 1. The maximum absolute atomic E-state index is 12.4. The van der Waals surface area contributed by atoms with Crippen LogP contribution in [0.4, 0.5) is 5.69 Å². The third-order valence-electron chi connectivity index (χ3n) is 4.48. The van der Waals surface area contributed by atoms with Crippen LogP contribution in [0.2, 0.25) is 0 Å². The van der Waals surface area contributed by atoms with Crippen molar-refractivity contribution in [3.05, 3.63) is 29.8 Å². The Hall–Kier alpha value is -1.88. The highest BCUT2D eigenvalue weighted by Crippen LogP contribution is 2.26. The Morgan fingerprint density at radius 1 is 1.23 bits per heavy atom. The number of ether oxygens (including phenoxy) is 1. The van der Waals surface area contributed by atoms with Crippen LogP contribution in [0, 0.1) is 12.8 Å². The molecule has 0 radical (unpaired) electrons. The third kappa shape index (κ3) is 3.30. The van der Waals surface area contributed by atoms with E-state index in [1.54, 1.807) is 0 Å². The van der Waals surface area contributed by atoms with Crippen molar-refractivity contribution >= 4 is 17.5 Å². The summed E-state index contributed by atoms with van der Waals surface area (Å²) in [5.74, 6) is -0.223. The minimum atomic E-state index is -0.253. The predicted octanol–water partition coefficient (Wildman–Crippen LogP) is 1.96. The topological polar surface area (TPSA) is 58.6 Å². The Kier molecular flexibility index (Phi) is 4.43. The monoisotopic (exact) mass is 302 g/mol.